The average molecular weight is 657 g/mol. The monoisotopic (exact) mass is 656 g/mol. The fraction of sp³-hybridized carbons (Fsp3) is 0.250. The molecule has 254 valence electrons. The first-order valence-corrected chi connectivity index (χ1v) is 18.4. The van der Waals surface area contributed by atoms with Gasteiger partial charge in [0.15, 0.2) is 0 Å². The lowest BCUT2D eigenvalue weighted by Crippen LogP contribution is -2.18. The summed E-state index contributed by atoms with van der Waals surface area (Å²) in [5.74, 6) is 1.13. The number of anilines is 5. The van der Waals surface area contributed by atoms with Crippen LogP contribution in [0.3, 0.4) is 0 Å². The predicted molar refractivity (Wildman–Crippen MR) is 220 cm³/mol. The van der Waals surface area contributed by atoms with Crippen molar-refractivity contribution in [3.05, 3.63) is 162 Å². The molecule has 0 amide bonds. The van der Waals surface area contributed by atoms with E-state index in [1.807, 2.05) is 0 Å². The molecule has 6 aromatic rings. The SMILES string of the molecule is CC/C=C\C(=C/C(C)C)N(c1ccccc1)c1c2cc(C(C)C)ccc2c(N(c2ccccc2)c2ccc(C)cc2)c2cc(C(C)C)ccc12. The lowest BCUT2D eigenvalue weighted by Gasteiger charge is -2.34. The maximum Gasteiger partial charge on any atom is 0.0620 e. The van der Waals surface area contributed by atoms with Gasteiger partial charge in [-0.2, -0.15) is 0 Å². The van der Waals surface area contributed by atoms with Gasteiger partial charge in [0.05, 0.1) is 11.4 Å². The van der Waals surface area contributed by atoms with Crippen LogP contribution in [0.15, 0.2) is 145 Å². The molecule has 0 saturated carbocycles. The van der Waals surface area contributed by atoms with Crippen molar-refractivity contribution in [2.45, 2.75) is 73.6 Å². The van der Waals surface area contributed by atoms with Crippen LogP contribution in [0.4, 0.5) is 28.4 Å². The van der Waals surface area contributed by atoms with E-state index < -0.39 is 0 Å². The Labute approximate surface area is 300 Å². The number of rotatable bonds is 11. The first-order valence-electron chi connectivity index (χ1n) is 18.4. The van der Waals surface area contributed by atoms with Gasteiger partial charge in [-0.05, 0) is 96.8 Å². The predicted octanol–water partition coefficient (Wildman–Crippen LogP) is 14.7. The summed E-state index contributed by atoms with van der Waals surface area (Å²) in [7, 11) is 0. The van der Waals surface area contributed by atoms with Crippen LogP contribution >= 0.6 is 0 Å². The van der Waals surface area contributed by atoms with Crippen LogP contribution in [0, 0.1) is 12.8 Å². The van der Waals surface area contributed by atoms with E-state index in [0.717, 1.165) is 23.5 Å². The minimum absolute atomic E-state index is 0.364. The molecule has 6 aromatic carbocycles. The number of allylic oxidation sites excluding steroid dienone is 3. The van der Waals surface area contributed by atoms with Crippen LogP contribution in [0.1, 0.15) is 83.4 Å². The molecule has 0 saturated heterocycles. The smallest absolute Gasteiger partial charge is 0.0620 e. The number of benzene rings is 6. The third-order valence-electron chi connectivity index (χ3n) is 9.50. The Hall–Kier alpha value is -5.08. The Morgan fingerprint density at radius 2 is 1.06 bits per heavy atom. The van der Waals surface area contributed by atoms with Gasteiger partial charge in [0, 0.05) is 44.3 Å². The van der Waals surface area contributed by atoms with Crippen LogP contribution in [-0.4, -0.2) is 0 Å². The summed E-state index contributed by atoms with van der Waals surface area (Å²) in [6.07, 6.45) is 7.97. The first kappa shape index (κ1) is 34.8. The Bertz CT molecular complexity index is 2120. The molecule has 0 aliphatic carbocycles. The number of hydrogen-bond acceptors (Lipinski definition) is 2. The van der Waals surface area contributed by atoms with E-state index in [9.17, 15) is 0 Å². The summed E-state index contributed by atoms with van der Waals surface area (Å²) < 4.78 is 0. The van der Waals surface area contributed by atoms with Crippen molar-refractivity contribution in [2.24, 2.45) is 5.92 Å². The van der Waals surface area contributed by atoms with Crippen LogP contribution in [0.2, 0.25) is 0 Å². The van der Waals surface area contributed by atoms with Crippen molar-refractivity contribution in [1.29, 1.82) is 0 Å². The zero-order valence-electron chi connectivity index (χ0n) is 31.1. The molecule has 0 radical (unpaired) electrons. The molecule has 0 aliphatic heterocycles. The number of aryl methyl sites for hydroxylation is 1. The number of para-hydroxylation sites is 2. The third kappa shape index (κ3) is 7.12. The molecule has 50 heavy (non-hydrogen) atoms. The van der Waals surface area contributed by atoms with E-state index in [4.69, 9.17) is 0 Å². The van der Waals surface area contributed by atoms with E-state index in [1.165, 1.54) is 55.3 Å². The normalized spacial score (nSPS) is 12.3. The topological polar surface area (TPSA) is 6.48 Å². The van der Waals surface area contributed by atoms with Crippen molar-refractivity contribution >= 4 is 50.0 Å². The highest BCUT2D eigenvalue weighted by Gasteiger charge is 2.26. The first-order chi connectivity index (χ1) is 24.2. The second kappa shape index (κ2) is 15.2. The number of fused-ring (bicyclic) bond motifs is 2. The minimum atomic E-state index is 0.364. The molecule has 0 heterocycles. The zero-order valence-corrected chi connectivity index (χ0v) is 31.1. The molecule has 0 bridgehead atoms. The summed E-state index contributed by atoms with van der Waals surface area (Å²) in [6.45, 7) is 18.1. The molecular formula is C48H52N2. The summed E-state index contributed by atoms with van der Waals surface area (Å²) in [4.78, 5) is 4.99. The minimum Gasteiger partial charge on any atom is -0.310 e. The molecule has 0 atom stereocenters. The van der Waals surface area contributed by atoms with E-state index >= 15 is 0 Å². The van der Waals surface area contributed by atoms with E-state index in [1.54, 1.807) is 0 Å². The maximum absolute atomic E-state index is 2.51. The number of hydrogen-bond donors (Lipinski definition) is 0. The number of nitrogens with zero attached hydrogens (tertiary/aromatic N) is 2. The van der Waals surface area contributed by atoms with Crippen molar-refractivity contribution in [3.63, 3.8) is 0 Å². The molecule has 0 N–H and O–H groups in total. The van der Waals surface area contributed by atoms with Gasteiger partial charge in [0.1, 0.15) is 0 Å². The highest BCUT2D eigenvalue weighted by atomic mass is 15.2. The summed E-state index contributed by atoms with van der Waals surface area (Å²) in [5.41, 5.74) is 10.9. The summed E-state index contributed by atoms with van der Waals surface area (Å²) in [6, 6.07) is 45.1. The van der Waals surface area contributed by atoms with Crippen LogP contribution in [-0.2, 0) is 0 Å². The maximum atomic E-state index is 2.51. The summed E-state index contributed by atoms with van der Waals surface area (Å²) >= 11 is 0. The van der Waals surface area contributed by atoms with Crippen molar-refractivity contribution in [2.75, 3.05) is 9.80 Å². The van der Waals surface area contributed by atoms with E-state index in [0.29, 0.717) is 17.8 Å². The van der Waals surface area contributed by atoms with Crippen LogP contribution in [0.5, 0.6) is 0 Å². The van der Waals surface area contributed by atoms with Gasteiger partial charge in [0.25, 0.3) is 0 Å². The Morgan fingerprint density at radius 1 is 0.560 bits per heavy atom. The van der Waals surface area contributed by atoms with Crippen LogP contribution in [0.25, 0.3) is 21.5 Å². The fourth-order valence-electron chi connectivity index (χ4n) is 6.87. The Morgan fingerprint density at radius 3 is 1.58 bits per heavy atom. The second-order valence-corrected chi connectivity index (χ2v) is 14.4. The highest BCUT2D eigenvalue weighted by molar-refractivity contribution is 6.23. The van der Waals surface area contributed by atoms with Gasteiger partial charge in [-0.1, -0.05) is 139 Å². The van der Waals surface area contributed by atoms with Gasteiger partial charge < -0.3 is 9.80 Å². The molecule has 0 aromatic heterocycles. The average Bonchev–Trinajstić information content (AvgIpc) is 3.12. The molecule has 0 fully saturated rings. The van der Waals surface area contributed by atoms with Crippen molar-refractivity contribution < 1.29 is 0 Å². The molecule has 2 heteroatoms. The van der Waals surface area contributed by atoms with Crippen molar-refractivity contribution in [3.8, 4) is 0 Å². The molecule has 2 nitrogen and oxygen atoms in total. The second-order valence-electron chi connectivity index (χ2n) is 14.4. The van der Waals surface area contributed by atoms with E-state index in [2.05, 4.69) is 205 Å². The zero-order chi connectivity index (χ0) is 35.4. The highest BCUT2D eigenvalue weighted by Crippen LogP contribution is 2.51. The van der Waals surface area contributed by atoms with Gasteiger partial charge in [0.2, 0.25) is 0 Å². The Kier molecular flexibility index (Phi) is 10.6. The fourth-order valence-corrected chi connectivity index (χ4v) is 6.87. The van der Waals surface area contributed by atoms with Gasteiger partial charge in [-0.15, -0.1) is 0 Å². The molecule has 0 spiro atoms. The van der Waals surface area contributed by atoms with Gasteiger partial charge >= 0.3 is 0 Å². The van der Waals surface area contributed by atoms with Crippen LogP contribution < -0.4 is 9.80 Å². The molecule has 0 aliphatic rings. The molecular weight excluding hydrogens is 605 g/mol. The lowest BCUT2D eigenvalue weighted by atomic mass is 9.90. The van der Waals surface area contributed by atoms with E-state index in [-0.39, 0.29) is 0 Å². The van der Waals surface area contributed by atoms with Gasteiger partial charge in [-0.3, -0.25) is 0 Å². The standard InChI is InChI=1S/C48H52N2/c1-9-10-17-42(30-33(2)3)50(40-20-15-12-16-21-40)48-44-29-25-37(34(4)5)31-45(44)47(43-28-24-38(35(6)7)32-46(43)48)49(39-18-13-11-14-19-39)41-26-22-36(8)23-27-41/h10-35H,9H2,1-8H3/b17-10-,42-30+. The largest absolute Gasteiger partial charge is 0.310 e. The van der Waals surface area contributed by atoms with Gasteiger partial charge in [-0.25, -0.2) is 0 Å². The summed E-state index contributed by atoms with van der Waals surface area (Å²) in [5, 5.41) is 4.94. The molecule has 6 rings (SSSR count). The quantitative estimate of drug-likeness (QED) is 0.0778. The third-order valence-corrected chi connectivity index (χ3v) is 9.50. The Balaban J connectivity index is 1.86. The van der Waals surface area contributed by atoms with Crippen molar-refractivity contribution in [1.82, 2.24) is 0 Å². The lowest BCUT2D eigenvalue weighted by molar-refractivity contribution is 0.821. The molecule has 0 unspecified atom stereocenters.